The fourth-order valence-electron chi connectivity index (χ4n) is 1.48. The summed E-state index contributed by atoms with van der Waals surface area (Å²) in [5.41, 5.74) is 7.93. The zero-order chi connectivity index (χ0) is 10.8. The van der Waals surface area contributed by atoms with Gasteiger partial charge in [0.05, 0.1) is 24.3 Å². The van der Waals surface area contributed by atoms with Crippen LogP contribution in [-0.2, 0) is 13.6 Å². The summed E-state index contributed by atoms with van der Waals surface area (Å²) in [6, 6.07) is -0.188. The Bertz CT molecular complexity index is 442. The van der Waals surface area contributed by atoms with Gasteiger partial charge in [0.25, 0.3) is 0 Å². The van der Waals surface area contributed by atoms with Gasteiger partial charge in [-0.2, -0.15) is 5.10 Å². The molecule has 0 saturated heterocycles. The number of aryl methyl sites for hydroxylation is 2. The van der Waals surface area contributed by atoms with E-state index in [1.807, 2.05) is 35.6 Å². The Morgan fingerprint density at radius 1 is 1.47 bits per heavy atom. The third-order valence-electron chi connectivity index (χ3n) is 2.38. The average molecular weight is 205 g/mol. The average Bonchev–Trinajstić information content (AvgIpc) is 2.84. The Morgan fingerprint density at radius 2 is 2.27 bits per heavy atom. The van der Waals surface area contributed by atoms with Crippen LogP contribution in [0.4, 0.5) is 0 Å². The fourth-order valence-corrected chi connectivity index (χ4v) is 1.48. The van der Waals surface area contributed by atoms with Gasteiger partial charge < -0.3 is 10.3 Å². The Hall–Kier alpha value is -1.62. The van der Waals surface area contributed by atoms with Crippen LogP contribution in [0.25, 0.3) is 0 Å². The van der Waals surface area contributed by atoms with Gasteiger partial charge >= 0.3 is 0 Å². The summed E-state index contributed by atoms with van der Waals surface area (Å²) in [6.07, 6.45) is 7.43. The second kappa shape index (κ2) is 3.86. The maximum atomic E-state index is 6.07. The molecule has 2 aromatic heterocycles. The van der Waals surface area contributed by atoms with Gasteiger partial charge in [0.1, 0.15) is 0 Å². The normalized spacial score (nSPS) is 13.0. The molecule has 0 radical (unpaired) electrons. The first-order valence-corrected chi connectivity index (χ1v) is 4.96. The Balaban J connectivity index is 2.23. The lowest BCUT2D eigenvalue weighted by molar-refractivity contribution is 0.658. The van der Waals surface area contributed by atoms with Gasteiger partial charge in [-0.05, 0) is 6.92 Å². The monoisotopic (exact) mass is 205 g/mol. The van der Waals surface area contributed by atoms with E-state index in [2.05, 4.69) is 10.1 Å². The van der Waals surface area contributed by atoms with E-state index in [0.717, 1.165) is 17.8 Å². The van der Waals surface area contributed by atoms with E-state index in [4.69, 9.17) is 5.73 Å². The van der Waals surface area contributed by atoms with E-state index >= 15 is 0 Å². The van der Waals surface area contributed by atoms with Crippen molar-refractivity contribution < 1.29 is 0 Å². The van der Waals surface area contributed by atoms with Gasteiger partial charge in [0, 0.05) is 31.5 Å². The molecule has 1 unspecified atom stereocenters. The molecule has 5 nitrogen and oxygen atoms in total. The second-order valence-corrected chi connectivity index (χ2v) is 3.57. The zero-order valence-electron chi connectivity index (χ0n) is 8.96. The van der Waals surface area contributed by atoms with Crippen LogP contribution in [0, 0.1) is 0 Å². The van der Waals surface area contributed by atoms with Crippen LogP contribution in [0.1, 0.15) is 24.2 Å². The number of hydrogen-bond donors (Lipinski definition) is 1. The highest BCUT2D eigenvalue weighted by Gasteiger charge is 2.12. The molecule has 0 saturated carbocycles. The molecule has 1 atom stereocenters. The number of rotatable bonds is 3. The number of nitrogens with two attached hydrogens (primary N) is 1. The summed E-state index contributed by atoms with van der Waals surface area (Å²) in [6.45, 7) is 2.90. The summed E-state index contributed by atoms with van der Waals surface area (Å²) in [4.78, 5) is 4.23. The highest BCUT2D eigenvalue weighted by molar-refractivity contribution is 5.21. The highest BCUT2D eigenvalue weighted by Crippen LogP contribution is 2.16. The number of hydrogen-bond acceptors (Lipinski definition) is 3. The van der Waals surface area contributed by atoms with Crippen LogP contribution >= 0.6 is 0 Å². The third-order valence-corrected chi connectivity index (χ3v) is 2.38. The molecule has 0 aliphatic heterocycles. The van der Waals surface area contributed by atoms with E-state index in [-0.39, 0.29) is 6.04 Å². The van der Waals surface area contributed by atoms with Crippen molar-refractivity contribution in [3.05, 3.63) is 36.2 Å². The Labute approximate surface area is 88.5 Å². The maximum Gasteiger partial charge on any atom is 0.0947 e. The molecule has 5 heteroatoms. The molecule has 15 heavy (non-hydrogen) atoms. The summed E-state index contributed by atoms with van der Waals surface area (Å²) in [5, 5.41) is 4.19. The molecule has 0 bridgehead atoms. The molecular formula is C10H15N5. The topological polar surface area (TPSA) is 61.7 Å². The SMILES string of the molecule is CCn1cc(C(N)c2cn(C)cn2)cn1. The Kier molecular flexibility index (Phi) is 2.55. The predicted octanol–water partition coefficient (Wildman–Crippen LogP) is 0.685. The van der Waals surface area contributed by atoms with E-state index in [0.29, 0.717) is 0 Å². The van der Waals surface area contributed by atoms with Gasteiger partial charge in [-0.25, -0.2) is 4.98 Å². The largest absolute Gasteiger partial charge is 0.340 e. The molecule has 2 aromatic rings. The summed E-state index contributed by atoms with van der Waals surface area (Å²) < 4.78 is 3.75. The van der Waals surface area contributed by atoms with Crippen molar-refractivity contribution in [3.63, 3.8) is 0 Å². The Morgan fingerprint density at radius 3 is 2.80 bits per heavy atom. The lowest BCUT2D eigenvalue weighted by atomic mass is 10.1. The second-order valence-electron chi connectivity index (χ2n) is 3.57. The highest BCUT2D eigenvalue weighted by atomic mass is 15.3. The van der Waals surface area contributed by atoms with Crippen LogP contribution in [0.5, 0.6) is 0 Å². The molecule has 2 N–H and O–H groups in total. The van der Waals surface area contributed by atoms with E-state index in [1.54, 1.807) is 12.5 Å². The van der Waals surface area contributed by atoms with Crippen molar-refractivity contribution in [3.8, 4) is 0 Å². The van der Waals surface area contributed by atoms with Crippen LogP contribution in [0.15, 0.2) is 24.9 Å². The van der Waals surface area contributed by atoms with E-state index in [1.165, 1.54) is 0 Å². The molecule has 0 spiro atoms. The predicted molar refractivity (Wildman–Crippen MR) is 57.1 cm³/mol. The van der Waals surface area contributed by atoms with Crippen molar-refractivity contribution in [2.45, 2.75) is 19.5 Å². The number of nitrogens with zero attached hydrogens (tertiary/aromatic N) is 4. The fraction of sp³-hybridized carbons (Fsp3) is 0.400. The van der Waals surface area contributed by atoms with Crippen LogP contribution < -0.4 is 5.73 Å². The van der Waals surface area contributed by atoms with Crippen molar-refractivity contribution in [2.24, 2.45) is 12.8 Å². The lowest BCUT2D eigenvalue weighted by Gasteiger charge is -2.04. The van der Waals surface area contributed by atoms with Crippen molar-refractivity contribution >= 4 is 0 Å². The quantitative estimate of drug-likeness (QED) is 0.801. The molecule has 2 heterocycles. The first kappa shape index (κ1) is 9.92. The van der Waals surface area contributed by atoms with E-state index < -0.39 is 0 Å². The van der Waals surface area contributed by atoms with Crippen LogP contribution in [0.2, 0.25) is 0 Å². The van der Waals surface area contributed by atoms with Crippen molar-refractivity contribution in [2.75, 3.05) is 0 Å². The third kappa shape index (κ3) is 1.92. The first-order valence-electron chi connectivity index (χ1n) is 4.96. The number of aromatic nitrogens is 4. The smallest absolute Gasteiger partial charge is 0.0947 e. The molecule has 2 rings (SSSR count). The summed E-state index contributed by atoms with van der Waals surface area (Å²) in [5.74, 6) is 0. The molecule has 0 fully saturated rings. The van der Waals surface area contributed by atoms with E-state index in [9.17, 15) is 0 Å². The summed E-state index contributed by atoms with van der Waals surface area (Å²) in [7, 11) is 1.93. The maximum absolute atomic E-state index is 6.07. The molecular weight excluding hydrogens is 190 g/mol. The number of imidazole rings is 1. The summed E-state index contributed by atoms with van der Waals surface area (Å²) >= 11 is 0. The van der Waals surface area contributed by atoms with Gasteiger partial charge in [-0.1, -0.05) is 0 Å². The first-order chi connectivity index (χ1) is 7.20. The lowest BCUT2D eigenvalue weighted by Crippen LogP contribution is -2.11. The molecule has 0 amide bonds. The molecule has 0 aliphatic rings. The molecule has 0 aromatic carbocycles. The minimum atomic E-state index is -0.188. The zero-order valence-corrected chi connectivity index (χ0v) is 8.96. The van der Waals surface area contributed by atoms with Gasteiger partial charge in [0.2, 0.25) is 0 Å². The minimum absolute atomic E-state index is 0.188. The standard InChI is InChI=1S/C10H15N5/c1-3-15-5-8(4-13-15)10(11)9-6-14(2)7-12-9/h4-7,10H,3,11H2,1-2H3. The molecule has 0 aliphatic carbocycles. The minimum Gasteiger partial charge on any atom is -0.340 e. The van der Waals surface area contributed by atoms with Crippen LogP contribution in [-0.4, -0.2) is 19.3 Å². The van der Waals surface area contributed by atoms with Crippen molar-refractivity contribution in [1.29, 1.82) is 0 Å². The van der Waals surface area contributed by atoms with Crippen LogP contribution in [0.3, 0.4) is 0 Å². The molecule has 80 valence electrons. The van der Waals surface area contributed by atoms with Gasteiger partial charge in [-0.3, -0.25) is 4.68 Å². The van der Waals surface area contributed by atoms with Gasteiger partial charge in [-0.15, -0.1) is 0 Å². The van der Waals surface area contributed by atoms with Crippen molar-refractivity contribution in [1.82, 2.24) is 19.3 Å². The van der Waals surface area contributed by atoms with Gasteiger partial charge in [0.15, 0.2) is 0 Å².